The number of nitrogens with zero attached hydrogens (tertiary/aromatic N) is 12. The maximum absolute atomic E-state index is 14.6. The zero-order valence-electron chi connectivity index (χ0n) is 84.2. The molecule has 12 heterocycles. The van der Waals surface area contributed by atoms with Gasteiger partial charge in [-0.2, -0.15) is 0 Å². The van der Waals surface area contributed by atoms with Gasteiger partial charge in [0.05, 0.1) is 54.7 Å². The first-order valence-corrected chi connectivity index (χ1v) is 53.0. The summed E-state index contributed by atoms with van der Waals surface area (Å²) in [5.74, 6) is 12.9. The van der Waals surface area contributed by atoms with Crippen LogP contribution in [0.3, 0.4) is 0 Å². The van der Waals surface area contributed by atoms with Crippen LogP contribution in [0.1, 0.15) is 130 Å². The SMILES string of the molecule is CC1C2CCC(CC2)C1Nc1cc(-c2ccc(-c3ccccc3)cc2)nc(-c2c[nH]c3ncc(F)cc23)n1.CC1C2CCC(CC2)C1Nc1cc(-c2ccc(Oc3ccccc3)cc2)nc(-c2c[nH]c3ncc(F)cc23)n1.CC1C2CCC(CC2)C1Nc1cc(-c2ccccc2-c2ccccc2)nc(-c2c[nH]c3ncc(F)cc23)n1.COc1ccc(-c2cc(NC3C4CCC(CC4)C3C)nc(-c3c[nH]c4ncc(F)cc34)n2)cc1F. The minimum atomic E-state index is -0.462. The molecule has 27 heteroatoms. The number of anilines is 4. The monoisotopic (exact) mass is 2000 g/mol. The quantitative estimate of drug-likeness (QED) is 0.0310. The average molecular weight is 2000 g/mol. The molecule has 8 unspecified atom stereocenters. The van der Waals surface area contributed by atoms with Crippen molar-refractivity contribution in [2.24, 2.45) is 71.0 Å². The molecule has 12 saturated carbocycles. The Kier molecular flexibility index (Phi) is 26.7. The number of fused-ring (bicyclic) bond motifs is 16. The summed E-state index contributed by atoms with van der Waals surface area (Å²) in [6.07, 6.45) is 32.8. The first kappa shape index (κ1) is 96.2. The average Bonchev–Trinajstić information content (AvgIpc) is 1.40. The molecule has 0 saturated heterocycles. The van der Waals surface area contributed by atoms with Crippen LogP contribution >= 0.6 is 0 Å². The first-order valence-electron chi connectivity index (χ1n) is 53.0. The van der Waals surface area contributed by atoms with Gasteiger partial charge in [-0.3, -0.25) is 0 Å². The molecular formula is C123H117F5N20O2. The number of H-pyrrole nitrogens is 4. The number of halogens is 5. The summed E-state index contributed by atoms with van der Waals surface area (Å²) in [5.41, 5.74) is 16.5. The zero-order chi connectivity index (χ0) is 102. The van der Waals surface area contributed by atoms with Crippen molar-refractivity contribution < 1.29 is 31.4 Å². The maximum Gasteiger partial charge on any atom is 0.165 e. The molecule has 31 rings (SSSR count). The summed E-state index contributed by atoms with van der Waals surface area (Å²) in [7, 11) is 1.44. The van der Waals surface area contributed by atoms with Gasteiger partial charge >= 0.3 is 0 Å². The van der Waals surface area contributed by atoms with Gasteiger partial charge in [0.15, 0.2) is 34.9 Å². The Labute approximate surface area is 866 Å². The highest BCUT2D eigenvalue weighted by atomic mass is 19.1. The number of hydrogen-bond acceptors (Lipinski definition) is 18. The van der Waals surface area contributed by atoms with Crippen molar-refractivity contribution in [1.82, 2.24) is 79.7 Å². The molecule has 7 aromatic carbocycles. The van der Waals surface area contributed by atoms with Crippen LogP contribution in [-0.2, 0) is 0 Å². The fraction of sp³-hybridized carbons (Fsp3) is 0.301. The fourth-order valence-corrected chi connectivity index (χ4v) is 25.7. The number of aromatic nitrogens is 16. The van der Waals surface area contributed by atoms with E-state index < -0.39 is 11.6 Å². The van der Waals surface area contributed by atoms with Crippen LogP contribution in [-0.4, -0.2) is 111 Å². The number of aromatic amines is 4. The maximum atomic E-state index is 14.6. The van der Waals surface area contributed by atoms with Crippen molar-refractivity contribution >= 4 is 67.4 Å². The van der Waals surface area contributed by atoms with Crippen LogP contribution in [0.2, 0.25) is 0 Å². The van der Waals surface area contributed by atoms with Crippen LogP contribution in [0.25, 0.3) is 157 Å². The Bertz CT molecular complexity index is 8070. The lowest BCUT2D eigenvalue weighted by molar-refractivity contribution is 0.0928. The van der Waals surface area contributed by atoms with Gasteiger partial charge in [-0.25, -0.2) is 81.8 Å². The van der Waals surface area contributed by atoms with Gasteiger partial charge in [-0.1, -0.05) is 155 Å². The second-order valence-electron chi connectivity index (χ2n) is 42.3. The third kappa shape index (κ3) is 19.9. The van der Waals surface area contributed by atoms with Gasteiger partial charge < -0.3 is 50.7 Å². The molecule has 12 fully saturated rings. The van der Waals surface area contributed by atoms with E-state index in [-0.39, 0.29) is 23.2 Å². The first-order chi connectivity index (χ1) is 73.4. The topological polar surface area (TPSA) is 284 Å². The predicted molar refractivity (Wildman–Crippen MR) is 582 cm³/mol. The van der Waals surface area contributed by atoms with E-state index in [1.165, 1.54) is 171 Å². The second kappa shape index (κ2) is 41.6. The van der Waals surface area contributed by atoms with Crippen LogP contribution in [0.4, 0.5) is 45.2 Å². The van der Waals surface area contributed by atoms with E-state index >= 15 is 0 Å². The molecule has 12 aromatic heterocycles. The number of nitrogens with one attached hydrogen (secondary N) is 8. The molecule has 0 aliphatic heterocycles. The summed E-state index contributed by atoms with van der Waals surface area (Å²) in [4.78, 5) is 68.7. The highest BCUT2D eigenvalue weighted by molar-refractivity contribution is 5.96. The lowest BCUT2D eigenvalue weighted by Gasteiger charge is -2.47. The molecular weight excluding hydrogens is 1880 g/mol. The third-order valence-electron chi connectivity index (χ3n) is 33.8. The van der Waals surface area contributed by atoms with E-state index in [2.05, 4.69) is 192 Å². The summed E-state index contributed by atoms with van der Waals surface area (Å²) in [6.45, 7) is 9.46. The second-order valence-corrected chi connectivity index (χ2v) is 42.3. The van der Waals surface area contributed by atoms with E-state index in [9.17, 15) is 22.0 Å². The number of pyridine rings is 4. The van der Waals surface area contributed by atoms with Crippen molar-refractivity contribution in [3.05, 3.63) is 309 Å². The largest absolute Gasteiger partial charge is 0.494 e. The minimum absolute atomic E-state index is 0.173. The van der Waals surface area contributed by atoms with Crippen LogP contribution < -0.4 is 30.7 Å². The number of methoxy groups -OCH3 is 1. The smallest absolute Gasteiger partial charge is 0.165 e. The van der Waals surface area contributed by atoms with Gasteiger partial charge in [-0.15, -0.1) is 0 Å². The van der Waals surface area contributed by atoms with Crippen molar-refractivity contribution in [2.45, 2.75) is 155 Å². The van der Waals surface area contributed by atoms with Gasteiger partial charge in [0, 0.05) is 139 Å². The van der Waals surface area contributed by atoms with Crippen LogP contribution in [0.5, 0.6) is 17.2 Å². The number of para-hydroxylation sites is 1. The molecule has 756 valence electrons. The molecule has 8 bridgehead atoms. The number of benzene rings is 7. The Morgan fingerprint density at radius 3 is 0.887 bits per heavy atom. The minimum Gasteiger partial charge on any atom is -0.494 e. The molecule has 150 heavy (non-hydrogen) atoms. The predicted octanol–water partition coefficient (Wildman–Crippen LogP) is 29.5. The summed E-state index contributed by atoms with van der Waals surface area (Å²) in [6, 6.07) is 75.4. The molecule has 12 aliphatic carbocycles. The Balaban J connectivity index is 0.000000106. The van der Waals surface area contributed by atoms with Gasteiger partial charge in [-0.05, 0) is 275 Å². The van der Waals surface area contributed by atoms with Crippen molar-refractivity contribution in [1.29, 1.82) is 0 Å². The number of rotatable bonds is 21. The molecule has 0 radical (unpaired) electrons. The molecule has 8 atom stereocenters. The third-order valence-corrected chi connectivity index (χ3v) is 33.8. The van der Waals surface area contributed by atoms with E-state index in [0.29, 0.717) is 162 Å². The van der Waals surface area contributed by atoms with Gasteiger partial charge in [0.2, 0.25) is 0 Å². The molecule has 0 amide bonds. The summed E-state index contributed by atoms with van der Waals surface area (Å²) in [5, 5.41) is 17.8. The van der Waals surface area contributed by atoms with E-state index in [4.69, 9.17) is 49.3 Å². The Morgan fingerprint density at radius 2 is 0.540 bits per heavy atom. The lowest BCUT2D eigenvalue weighted by Crippen LogP contribution is -2.47. The van der Waals surface area contributed by atoms with E-state index in [0.717, 1.165) is 120 Å². The van der Waals surface area contributed by atoms with Crippen molar-refractivity contribution in [3.8, 4) is 130 Å². The normalized spacial score (nSPS) is 22.7. The lowest BCUT2D eigenvalue weighted by atomic mass is 9.62. The van der Waals surface area contributed by atoms with Gasteiger partial charge in [0.25, 0.3) is 0 Å². The molecule has 12 aliphatic rings. The van der Waals surface area contributed by atoms with E-state index in [1.807, 2.05) is 104 Å². The van der Waals surface area contributed by atoms with E-state index in [1.54, 1.807) is 18.3 Å². The van der Waals surface area contributed by atoms with Crippen molar-refractivity contribution in [3.63, 3.8) is 0 Å². The molecule has 22 nitrogen and oxygen atoms in total. The van der Waals surface area contributed by atoms with Crippen molar-refractivity contribution in [2.75, 3.05) is 28.4 Å². The molecule has 19 aromatic rings. The number of hydrogen-bond donors (Lipinski definition) is 8. The standard InChI is InChI=1S/C32H30FN5O.2C32H30FN5.C27H27F2N5O/c1-19-20-7-9-22(10-8-20)30(19)37-29-16-28(21-11-13-25(14-12-21)39-24-5-3-2-4-6-24)36-32(38-29)27-18-35-31-26(27)15-23(33)17-34-31;1-19-20-11-13-22(14-12-20)30(19)37-29-16-28(25-10-6-5-9-24(25)21-7-3-2-4-8-21)36-32(38-29)27-18-35-31-26(27)15-23(33)17-34-31;1-19-20-7-13-24(14-8-20)30(19)37-29-16-28(23-11-9-22(10-12-23)21-5-3-2-4-6-21)36-32(38-29)27-18-35-31-26(27)15-25(33)17-34-31;1-14-15-3-5-16(6-4-15)25(14)33-24-11-22(17-7-8-23(35-2)21(29)9-17)32-27(34-24)20-13-31-26-19(20)10-18(28)12-30-26/h2-6,11-20,22,30H,7-10H2,1H3,(H,34,35)(H,36,37,38);2-10,15-20,22,30H,11-14H2,1H3,(H,34,35)(H,36,37,38);2-6,9-12,15-20,24,30H,7-8,13-14H2,1H3,(H,34,35)(H,36,37,38);7-16,25H,3-6H2,1-2H3,(H,30,31)(H,32,33,34). The zero-order valence-corrected chi connectivity index (χ0v) is 84.2. The summed E-state index contributed by atoms with van der Waals surface area (Å²) >= 11 is 0. The highest BCUT2D eigenvalue weighted by Crippen LogP contribution is 2.52. The van der Waals surface area contributed by atoms with Gasteiger partial charge in [0.1, 0.15) is 80.6 Å². The Morgan fingerprint density at radius 1 is 0.260 bits per heavy atom. The molecule has 8 N–H and O–H groups in total. The van der Waals surface area contributed by atoms with Crippen LogP contribution in [0.15, 0.2) is 280 Å². The van der Waals surface area contributed by atoms with Crippen LogP contribution in [0, 0.1) is 100 Å². The highest BCUT2D eigenvalue weighted by Gasteiger charge is 2.46. The summed E-state index contributed by atoms with van der Waals surface area (Å²) < 4.78 is 82.0. The number of ether oxygens (including phenoxy) is 2. The Hall–Kier alpha value is -15.9. The molecule has 0 spiro atoms. The fourth-order valence-electron chi connectivity index (χ4n) is 25.7.